The van der Waals surface area contributed by atoms with Crippen LogP contribution in [-0.4, -0.2) is 44.8 Å². The number of piperidine rings is 1. The van der Waals surface area contributed by atoms with E-state index >= 15 is 0 Å². The molecule has 5 rings (SSSR count). The lowest BCUT2D eigenvalue weighted by Gasteiger charge is -2.32. The summed E-state index contributed by atoms with van der Waals surface area (Å²) in [7, 11) is 1.55. The molecule has 31 heavy (non-hydrogen) atoms. The molecule has 4 aromatic rings. The van der Waals surface area contributed by atoms with Gasteiger partial charge in [0.25, 0.3) is 0 Å². The van der Waals surface area contributed by atoms with Crippen LogP contribution in [0, 0.1) is 0 Å². The largest absolute Gasteiger partial charge is 0.504 e. The molecule has 0 bridgehead atoms. The van der Waals surface area contributed by atoms with E-state index < -0.39 is 0 Å². The van der Waals surface area contributed by atoms with Crippen LogP contribution in [0.25, 0.3) is 17.1 Å². The van der Waals surface area contributed by atoms with E-state index in [1.165, 1.54) is 0 Å². The molecule has 0 saturated carbocycles. The summed E-state index contributed by atoms with van der Waals surface area (Å²) in [6.07, 6.45) is 3.77. The number of nitrogen functional groups attached to an aromatic ring is 1. The van der Waals surface area contributed by atoms with Crippen LogP contribution < -0.4 is 10.5 Å². The third kappa shape index (κ3) is 3.82. The van der Waals surface area contributed by atoms with Gasteiger partial charge >= 0.3 is 0 Å². The molecule has 8 nitrogen and oxygen atoms in total. The molecule has 1 aromatic carbocycles. The summed E-state index contributed by atoms with van der Waals surface area (Å²) >= 11 is 0. The van der Waals surface area contributed by atoms with Crippen LogP contribution in [0.15, 0.2) is 53.1 Å². The number of ether oxygens (including phenoxy) is 1. The molecule has 1 saturated heterocycles. The molecular formula is C23H25N5O3. The molecule has 8 heteroatoms. The highest BCUT2D eigenvalue weighted by Gasteiger charge is 2.24. The van der Waals surface area contributed by atoms with Gasteiger partial charge in [-0.05, 0) is 49.2 Å². The van der Waals surface area contributed by atoms with Crippen molar-refractivity contribution in [3.05, 3.63) is 60.0 Å². The number of nitrogens with zero attached hydrogens (tertiary/aromatic N) is 4. The quantitative estimate of drug-likeness (QED) is 0.509. The number of rotatable bonds is 5. The standard InChI is InChI=1S/C23H25N5O3/c1-30-21-7-6-15(10-19(21)29)13-27-8-2-4-16(14-27)17-11-22(24)28-23(25-17)12-18(26-28)20-5-3-9-31-20/h3,5-7,9-12,16,29H,2,4,8,13-14,24H2,1H3. The number of methoxy groups -OCH3 is 1. The van der Waals surface area contributed by atoms with E-state index in [4.69, 9.17) is 19.9 Å². The van der Waals surface area contributed by atoms with Gasteiger partial charge in [0, 0.05) is 31.1 Å². The second-order valence-electron chi connectivity index (χ2n) is 7.96. The smallest absolute Gasteiger partial charge is 0.160 e. The van der Waals surface area contributed by atoms with E-state index in [9.17, 15) is 5.11 Å². The number of aromatic nitrogens is 3. The van der Waals surface area contributed by atoms with E-state index in [2.05, 4.69) is 10.00 Å². The van der Waals surface area contributed by atoms with Gasteiger partial charge in [0.1, 0.15) is 11.5 Å². The number of fused-ring (bicyclic) bond motifs is 1. The first-order valence-electron chi connectivity index (χ1n) is 10.4. The van der Waals surface area contributed by atoms with Gasteiger partial charge < -0.3 is 20.0 Å². The first kappa shape index (κ1) is 19.4. The number of hydrogen-bond donors (Lipinski definition) is 2. The number of furan rings is 1. The van der Waals surface area contributed by atoms with Gasteiger partial charge in [0.15, 0.2) is 22.9 Å². The highest BCUT2D eigenvalue weighted by Crippen LogP contribution is 2.31. The molecule has 1 unspecified atom stereocenters. The van der Waals surface area contributed by atoms with Gasteiger partial charge in [-0.25, -0.2) is 4.98 Å². The fourth-order valence-electron chi connectivity index (χ4n) is 4.30. The van der Waals surface area contributed by atoms with E-state index in [-0.39, 0.29) is 11.7 Å². The number of nitrogens with two attached hydrogens (primary N) is 1. The van der Waals surface area contributed by atoms with Gasteiger partial charge in [-0.1, -0.05) is 6.07 Å². The van der Waals surface area contributed by atoms with Gasteiger partial charge in [-0.2, -0.15) is 9.61 Å². The minimum Gasteiger partial charge on any atom is -0.504 e. The predicted molar refractivity (Wildman–Crippen MR) is 117 cm³/mol. The Kier molecular flexibility index (Phi) is 4.99. The summed E-state index contributed by atoms with van der Waals surface area (Å²) in [4.78, 5) is 7.26. The van der Waals surface area contributed by atoms with Crippen LogP contribution in [0.2, 0.25) is 0 Å². The normalized spacial score (nSPS) is 17.3. The molecule has 1 fully saturated rings. The van der Waals surface area contributed by atoms with Crippen molar-refractivity contribution in [1.29, 1.82) is 0 Å². The molecule has 3 N–H and O–H groups in total. The Morgan fingerprint density at radius 1 is 1.26 bits per heavy atom. The molecule has 0 spiro atoms. The second-order valence-corrected chi connectivity index (χ2v) is 7.96. The van der Waals surface area contributed by atoms with Crippen molar-refractivity contribution in [2.75, 3.05) is 25.9 Å². The number of likely N-dealkylation sites (tertiary alicyclic amines) is 1. The number of benzene rings is 1. The highest BCUT2D eigenvalue weighted by atomic mass is 16.5. The second kappa shape index (κ2) is 7.96. The minimum atomic E-state index is 0.168. The number of phenols is 1. The number of hydrogen-bond acceptors (Lipinski definition) is 7. The molecule has 1 aliphatic heterocycles. The molecule has 0 radical (unpaired) electrons. The van der Waals surface area contributed by atoms with E-state index in [0.29, 0.717) is 23.0 Å². The lowest BCUT2D eigenvalue weighted by atomic mass is 9.94. The van der Waals surface area contributed by atoms with Crippen LogP contribution in [0.3, 0.4) is 0 Å². The average molecular weight is 419 g/mol. The fourth-order valence-corrected chi connectivity index (χ4v) is 4.30. The van der Waals surface area contributed by atoms with Crippen LogP contribution in [0.5, 0.6) is 11.5 Å². The summed E-state index contributed by atoms with van der Waals surface area (Å²) < 4.78 is 12.2. The Morgan fingerprint density at radius 2 is 2.16 bits per heavy atom. The Hall–Kier alpha value is -3.52. The molecule has 3 aromatic heterocycles. The molecule has 1 aliphatic rings. The maximum absolute atomic E-state index is 10.1. The summed E-state index contributed by atoms with van der Waals surface area (Å²) in [6.45, 7) is 2.66. The van der Waals surface area contributed by atoms with Crippen molar-refractivity contribution in [1.82, 2.24) is 19.5 Å². The van der Waals surface area contributed by atoms with E-state index in [1.807, 2.05) is 30.3 Å². The highest BCUT2D eigenvalue weighted by molar-refractivity contribution is 5.61. The summed E-state index contributed by atoms with van der Waals surface area (Å²) in [6, 6.07) is 13.1. The summed E-state index contributed by atoms with van der Waals surface area (Å²) in [5.74, 6) is 2.20. The van der Waals surface area contributed by atoms with Crippen molar-refractivity contribution >= 4 is 11.5 Å². The third-order valence-corrected chi connectivity index (χ3v) is 5.82. The number of aromatic hydroxyl groups is 1. The number of anilines is 1. The first-order valence-corrected chi connectivity index (χ1v) is 10.4. The van der Waals surface area contributed by atoms with Gasteiger partial charge in [0.05, 0.1) is 19.1 Å². The Labute approximate surface area is 179 Å². The zero-order valence-corrected chi connectivity index (χ0v) is 17.4. The molecule has 0 amide bonds. The van der Waals surface area contributed by atoms with Gasteiger partial charge in [0.2, 0.25) is 0 Å². The van der Waals surface area contributed by atoms with Crippen molar-refractivity contribution in [2.45, 2.75) is 25.3 Å². The maximum atomic E-state index is 10.1. The van der Waals surface area contributed by atoms with Crippen LogP contribution in [0.4, 0.5) is 5.82 Å². The monoisotopic (exact) mass is 419 g/mol. The van der Waals surface area contributed by atoms with Crippen LogP contribution in [0.1, 0.15) is 30.0 Å². The van der Waals surface area contributed by atoms with Crippen molar-refractivity contribution < 1.29 is 14.3 Å². The molecule has 4 heterocycles. The first-order chi connectivity index (χ1) is 15.1. The van der Waals surface area contributed by atoms with Gasteiger partial charge in [-0.15, -0.1) is 0 Å². The maximum Gasteiger partial charge on any atom is 0.160 e. The van der Waals surface area contributed by atoms with E-state index in [1.54, 1.807) is 30.0 Å². The third-order valence-electron chi connectivity index (χ3n) is 5.82. The lowest BCUT2D eigenvalue weighted by molar-refractivity contribution is 0.198. The molecule has 0 aliphatic carbocycles. The Balaban J connectivity index is 1.36. The Morgan fingerprint density at radius 3 is 2.94 bits per heavy atom. The Bertz CT molecular complexity index is 1200. The summed E-state index contributed by atoms with van der Waals surface area (Å²) in [5, 5.41) is 14.6. The van der Waals surface area contributed by atoms with Crippen molar-refractivity contribution in [2.24, 2.45) is 0 Å². The molecule has 1 atom stereocenters. The molecule has 160 valence electrons. The number of phenolic OH excluding ortho intramolecular Hbond substituents is 1. The summed E-state index contributed by atoms with van der Waals surface area (Å²) in [5.41, 5.74) is 9.78. The van der Waals surface area contributed by atoms with Crippen LogP contribution >= 0.6 is 0 Å². The fraction of sp³-hybridized carbons (Fsp3) is 0.304. The van der Waals surface area contributed by atoms with Gasteiger partial charge in [-0.3, -0.25) is 4.90 Å². The minimum absolute atomic E-state index is 0.168. The zero-order valence-electron chi connectivity index (χ0n) is 17.4. The SMILES string of the molecule is COc1ccc(CN2CCCC(c3cc(N)n4nc(-c5ccco5)cc4n3)C2)cc1O. The van der Waals surface area contributed by atoms with E-state index in [0.717, 1.165) is 49.4 Å². The average Bonchev–Trinajstić information content (AvgIpc) is 3.44. The topological polar surface area (TPSA) is 102 Å². The van der Waals surface area contributed by atoms with Crippen LogP contribution in [-0.2, 0) is 6.54 Å². The molecular weight excluding hydrogens is 394 g/mol. The zero-order chi connectivity index (χ0) is 21.4. The predicted octanol–water partition coefficient (Wildman–Crippen LogP) is 3.67. The van der Waals surface area contributed by atoms with Crippen molar-refractivity contribution in [3.8, 4) is 23.0 Å². The lowest BCUT2D eigenvalue weighted by Crippen LogP contribution is -2.34. The van der Waals surface area contributed by atoms with Crippen molar-refractivity contribution in [3.63, 3.8) is 0 Å².